The Morgan fingerprint density at radius 2 is 1.88 bits per heavy atom. The van der Waals surface area contributed by atoms with Crippen molar-refractivity contribution in [3.63, 3.8) is 0 Å². The first kappa shape index (κ1) is 15.9. The van der Waals surface area contributed by atoms with Crippen LogP contribution in [0.1, 0.15) is 10.5 Å². The van der Waals surface area contributed by atoms with Crippen molar-refractivity contribution in [2.24, 2.45) is 11.8 Å². The van der Waals surface area contributed by atoms with Crippen LogP contribution in [0, 0.1) is 11.8 Å². The molecule has 0 spiro atoms. The fraction of sp³-hybridized carbons (Fsp3) is 0.353. The average Bonchev–Trinajstić information content (AvgIpc) is 3.19. The van der Waals surface area contributed by atoms with Crippen LogP contribution in [0.4, 0.5) is 0 Å². The number of hydrogen-bond acceptors (Lipinski definition) is 5. The zero-order valence-electron chi connectivity index (χ0n) is 13.0. The van der Waals surface area contributed by atoms with Crippen molar-refractivity contribution in [3.05, 3.63) is 47.1 Å². The lowest BCUT2D eigenvalue weighted by Gasteiger charge is -2.16. The van der Waals surface area contributed by atoms with E-state index in [-0.39, 0.29) is 5.91 Å². The summed E-state index contributed by atoms with van der Waals surface area (Å²) in [6.07, 6.45) is 0. The molecule has 1 N–H and O–H groups in total. The number of carbonyl (C=O) groups excluding carboxylic acids is 1. The summed E-state index contributed by atoms with van der Waals surface area (Å²) >= 11 is 7.60. The summed E-state index contributed by atoms with van der Waals surface area (Å²) in [5.74, 6) is 1.14. The molecule has 2 aliphatic rings. The number of amides is 1. The predicted molar refractivity (Wildman–Crippen MR) is 93.4 cm³/mol. The van der Waals surface area contributed by atoms with E-state index in [2.05, 4.69) is 15.5 Å². The first-order chi connectivity index (χ1) is 11.7. The van der Waals surface area contributed by atoms with Gasteiger partial charge in [-0.3, -0.25) is 4.79 Å². The van der Waals surface area contributed by atoms with Gasteiger partial charge in [-0.05, 0) is 36.1 Å². The van der Waals surface area contributed by atoms with E-state index in [0.29, 0.717) is 22.6 Å². The molecular formula is C17H17ClN4OS. The van der Waals surface area contributed by atoms with Crippen LogP contribution in [0.5, 0.6) is 0 Å². The van der Waals surface area contributed by atoms with Crippen molar-refractivity contribution < 1.29 is 4.79 Å². The standard InChI is InChI=1S/C17H17ClN4OS/c18-13-3-1-2-4-15(13)24-16-6-5-14(20-21-16)17(23)22-9-11-7-19-8-12(11)10-22/h1-6,11-12,19H,7-10H2/t11-,12+. The largest absolute Gasteiger partial charge is 0.337 e. The van der Waals surface area contributed by atoms with E-state index < -0.39 is 0 Å². The van der Waals surface area contributed by atoms with Crippen LogP contribution >= 0.6 is 23.4 Å². The van der Waals surface area contributed by atoms with E-state index >= 15 is 0 Å². The van der Waals surface area contributed by atoms with Crippen molar-refractivity contribution in [1.29, 1.82) is 0 Å². The fourth-order valence-corrected chi connectivity index (χ4v) is 4.32. The van der Waals surface area contributed by atoms with Gasteiger partial charge in [-0.25, -0.2) is 0 Å². The number of aromatic nitrogens is 2. The highest BCUT2D eigenvalue weighted by Gasteiger charge is 2.38. The molecule has 2 atom stereocenters. The zero-order valence-corrected chi connectivity index (χ0v) is 14.6. The summed E-state index contributed by atoms with van der Waals surface area (Å²) in [6.45, 7) is 3.64. The molecule has 0 unspecified atom stereocenters. The minimum Gasteiger partial charge on any atom is -0.337 e. The second-order valence-electron chi connectivity index (χ2n) is 6.18. The number of halogens is 1. The maximum atomic E-state index is 12.6. The van der Waals surface area contributed by atoms with E-state index in [1.807, 2.05) is 35.2 Å². The Morgan fingerprint density at radius 1 is 1.12 bits per heavy atom. The zero-order chi connectivity index (χ0) is 16.5. The van der Waals surface area contributed by atoms with Crippen molar-refractivity contribution >= 4 is 29.3 Å². The monoisotopic (exact) mass is 360 g/mol. The molecule has 2 aromatic rings. The average molecular weight is 361 g/mol. The summed E-state index contributed by atoms with van der Waals surface area (Å²) in [4.78, 5) is 15.4. The number of fused-ring (bicyclic) bond motifs is 1. The lowest BCUT2D eigenvalue weighted by molar-refractivity contribution is 0.0774. The van der Waals surface area contributed by atoms with Crippen molar-refractivity contribution in [1.82, 2.24) is 20.4 Å². The fourth-order valence-electron chi connectivity index (χ4n) is 3.31. The number of benzene rings is 1. The molecule has 4 rings (SSSR count). The molecule has 24 heavy (non-hydrogen) atoms. The van der Waals surface area contributed by atoms with Gasteiger partial charge in [-0.1, -0.05) is 35.5 Å². The number of nitrogens with zero attached hydrogens (tertiary/aromatic N) is 3. The van der Waals surface area contributed by atoms with Crippen LogP contribution in [0.15, 0.2) is 46.3 Å². The molecule has 2 saturated heterocycles. The Morgan fingerprint density at radius 3 is 2.54 bits per heavy atom. The van der Waals surface area contributed by atoms with Gasteiger partial charge >= 0.3 is 0 Å². The molecule has 2 aliphatic heterocycles. The second kappa shape index (κ2) is 6.70. The third-order valence-corrected chi connectivity index (χ3v) is 6.03. The van der Waals surface area contributed by atoms with Crippen LogP contribution in [-0.4, -0.2) is 47.2 Å². The summed E-state index contributed by atoms with van der Waals surface area (Å²) in [6, 6.07) is 11.2. The molecule has 2 fully saturated rings. The van der Waals surface area contributed by atoms with Gasteiger partial charge in [0.1, 0.15) is 5.03 Å². The lowest BCUT2D eigenvalue weighted by atomic mass is 10.0. The minimum atomic E-state index is -0.0220. The number of nitrogens with one attached hydrogen (secondary N) is 1. The normalized spacial score (nSPS) is 22.6. The number of hydrogen-bond donors (Lipinski definition) is 1. The van der Waals surface area contributed by atoms with Crippen LogP contribution in [-0.2, 0) is 0 Å². The van der Waals surface area contributed by atoms with Gasteiger partial charge in [0.2, 0.25) is 0 Å². The molecular weight excluding hydrogens is 344 g/mol. The van der Waals surface area contributed by atoms with Crippen LogP contribution < -0.4 is 5.32 Å². The van der Waals surface area contributed by atoms with Crippen molar-refractivity contribution in [3.8, 4) is 0 Å². The van der Waals surface area contributed by atoms with Crippen LogP contribution in [0.3, 0.4) is 0 Å². The van der Waals surface area contributed by atoms with Gasteiger partial charge in [0.05, 0.1) is 5.02 Å². The number of likely N-dealkylation sites (tertiary alicyclic amines) is 1. The third-order valence-electron chi connectivity index (χ3n) is 4.59. The molecule has 1 aromatic heterocycles. The van der Waals surface area contributed by atoms with Crippen LogP contribution in [0.25, 0.3) is 0 Å². The SMILES string of the molecule is O=C(c1ccc(Sc2ccccc2Cl)nn1)N1C[C@H]2CNC[C@H]2C1. The first-order valence-corrected chi connectivity index (χ1v) is 9.16. The Labute approximate surface area is 149 Å². The molecule has 3 heterocycles. The lowest BCUT2D eigenvalue weighted by Crippen LogP contribution is -2.32. The summed E-state index contributed by atoms with van der Waals surface area (Å²) in [5.41, 5.74) is 0.409. The first-order valence-electron chi connectivity index (χ1n) is 7.97. The predicted octanol–water partition coefficient (Wildman–Crippen LogP) is 2.57. The van der Waals surface area contributed by atoms with Gasteiger partial charge < -0.3 is 10.2 Å². The quantitative estimate of drug-likeness (QED) is 0.911. The minimum absolute atomic E-state index is 0.0220. The van der Waals surface area contributed by atoms with Gasteiger partial charge in [0.25, 0.3) is 5.91 Å². The highest BCUT2D eigenvalue weighted by atomic mass is 35.5. The molecule has 0 bridgehead atoms. The van der Waals surface area contributed by atoms with Gasteiger partial charge in [0.15, 0.2) is 5.69 Å². The van der Waals surface area contributed by atoms with E-state index in [1.165, 1.54) is 11.8 Å². The summed E-state index contributed by atoms with van der Waals surface area (Å²) in [5, 5.41) is 13.1. The second-order valence-corrected chi connectivity index (χ2v) is 7.65. The molecule has 124 valence electrons. The molecule has 0 radical (unpaired) electrons. The molecule has 1 amide bonds. The Balaban J connectivity index is 1.44. The molecule has 1 aromatic carbocycles. The Hall–Kier alpha value is -1.63. The van der Waals surface area contributed by atoms with Gasteiger partial charge in [-0.15, -0.1) is 10.2 Å². The van der Waals surface area contributed by atoms with E-state index in [0.717, 1.165) is 36.1 Å². The van der Waals surface area contributed by atoms with E-state index in [1.54, 1.807) is 6.07 Å². The Kier molecular flexibility index (Phi) is 4.43. The highest BCUT2D eigenvalue weighted by molar-refractivity contribution is 7.99. The van der Waals surface area contributed by atoms with E-state index in [4.69, 9.17) is 11.6 Å². The molecule has 7 heteroatoms. The maximum absolute atomic E-state index is 12.6. The smallest absolute Gasteiger partial charge is 0.274 e. The number of rotatable bonds is 3. The highest BCUT2D eigenvalue weighted by Crippen LogP contribution is 2.32. The molecule has 0 saturated carbocycles. The number of carbonyl (C=O) groups is 1. The van der Waals surface area contributed by atoms with Crippen molar-refractivity contribution in [2.75, 3.05) is 26.2 Å². The Bertz CT molecular complexity index is 743. The van der Waals surface area contributed by atoms with Gasteiger partial charge in [-0.2, -0.15) is 0 Å². The summed E-state index contributed by atoms with van der Waals surface area (Å²) < 4.78 is 0. The molecule has 0 aliphatic carbocycles. The van der Waals surface area contributed by atoms with Crippen LogP contribution in [0.2, 0.25) is 5.02 Å². The van der Waals surface area contributed by atoms with Crippen molar-refractivity contribution in [2.45, 2.75) is 9.92 Å². The van der Waals surface area contributed by atoms with Gasteiger partial charge in [0, 0.05) is 31.1 Å². The molecule has 5 nitrogen and oxygen atoms in total. The maximum Gasteiger partial charge on any atom is 0.274 e. The van der Waals surface area contributed by atoms with E-state index in [9.17, 15) is 4.79 Å². The topological polar surface area (TPSA) is 58.1 Å². The summed E-state index contributed by atoms with van der Waals surface area (Å²) in [7, 11) is 0. The third kappa shape index (κ3) is 3.14.